The smallest absolute Gasteiger partial charge is 0.226 e. The molecule has 0 bridgehead atoms. The van der Waals surface area contributed by atoms with Gasteiger partial charge in [-0.05, 0) is 38.0 Å². The van der Waals surface area contributed by atoms with Crippen LogP contribution in [0.1, 0.15) is 37.8 Å². The van der Waals surface area contributed by atoms with Crippen molar-refractivity contribution < 1.29 is 9.53 Å². The highest BCUT2D eigenvalue weighted by molar-refractivity contribution is 5.77. The van der Waals surface area contributed by atoms with Gasteiger partial charge in [-0.1, -0.05) is 0 Å². The van der Waals surface area contributed by atoms with Gasteiger partial charge in [-0.2, -0.15) is 4.98 Å². The Morgan fingerprint density at radius 1 is 1.22 bits per heavy atom. The molecule has 2 saturated heterocycles. The monoisotopic (exact) mass is 375 g/mol. The molecule has 7 heteroatoms. The molecule has 2 fully saturated rings. The summed E-state index contributed by atoms with van der Waals surface area (Å²) in [7, 11) is 5.66. The second kappa shape index (κ2) is 8.42. The summed E-state index contributed by atoms with van der Waals surface area (Å²) in [5.41, 5.74) is 1.26. The van der Waals surface area contributed by atoms with Crippen molar-refractivity contribution >= 4 is 17.7 Å². The number of piperidine rings is 2. The number of rotatable bonds is 6. The normalized spacial score (nSPS) is 19.6. The van der Waals surface area contributed by atoms with Gasteiger partial charge in [0.15, 0.2) is 0 Å². The first-order valence-corrected chi connectivity index (χ1v) is 9.97. The Balaban J connectivity index is 1.63. The molecule has 1 aromatic heterocycles. The number of carbonyl (C=O) groups is 1. The van der Waals surface area contributed by atoms with Crippen LogP contribution in [0.15, 0.2) is 6.07 Å². The van der Waals surface area contributed by atoms with E-state index in [1.165, 1.54) is 0 Å². The Bertz CT molecular complexity index is 656. The molecule has 0 atom stereocenters. The van der Waals surface area contributed by atoms with Gasteiger partial charge in [0, 0.05) is 72.2 Å². The SMILES string of the molecule is COCCCN1CC2(CCC1=O)CCN(c1cc(C)nc(N(C)C)n1)CC2. The molecule has 2 aliphatic heterocycles. The third-order valence-electron chi connectivity index (χ3n) is 5.90. The number of carbonyl (C=O) groups excluding carboxylic acids is 1. The van der Waals surface area contributed by atoms with Crippen LogP contribution in [-0.2, 0) is 9.53 Å². The summed E-state index contributed by atoms with van der Waals surface area (Å²) < 4.78 is 5.14. The minimum absolute atomic E-state index is 0.268. The average molecular weight is 376 g/mol. The van der Waals surface area contributed by atoms with E-state index in [-0.39, 0.29) is 5.41 Å². The molecule has 0 aliphatic carbocycles. The van der Waals surface area contributed by atoms with E-state index in [1.54, 1.807) is 7.11 Å². The number of amides is 1. The minimum Gasteiger partial charge on any atom is -0.385 e. The summed E-state index contributed by atoms with van der Waals surface area (Å²) in [5, 5.41) is 0. The molecule has 3 heterocycles. The number of aryl methyl sites for hydroxylation is 1. The van der Waals surface area contributed by atoms with Gasteiger partial charge in [-0.25, -0.2) is 4.98 Å². The van der Waals surface area contributed by atoms with Crippen molar-refractivity contribution in [1.29, 1.82) is 0 Å². The Hall–Kier alpha value is -1.89. The van der Waals surface area contributed by atoms with E-state index < -0.39 is 0 Å². The summed E-state index contributed by atoms with van der Waals surface area (Å²) in [6.45, 7) is 6.43. The predicted octanol–water partition coefficient (Wildman–Crippen LogP) is 2.10. The van der Waals surface area contributed by atoms with Crippen LogP contribution in [0.3, 0.4) is 0 Å². The Morgan fingerprint density at radius 2 is 1.96 bits per heavy atom. The van der Waals surface area contributed by atoms with Crippen LogP contribution in [0.25, 0.3) is 0 Å². The van der Waals surface area contributed by atoms with Crippen molar-refractivity contribution in [1.82, 2.24) is 14.9 Å². The van der Waals surface area contributed by atoms with Crippen molar-refractivity contribution in [2.75, 3.05) is 63.8 Å². The number of aromatic nitrogens is 2. The first-order valence-electron chi connectivity index (χ1n) is 9.97. The van der Waals surface area contributed by atoms with Crippen LogP contribution in [0.5, 0.6) is 0 Å². The van der Waals surface area contributed by atoms with E-state index in [0.29, 0.717) is 18.9 Å². The summed E-state index contributed by atoms with van der Waals surface area (Å²) in [5.74, 6) is 2.09. The lowest BCUT2D eigenvalue weighted by Gasteiger charge is -2.47. The van der Waals surface area contributed by atoms with Gasteiger partial charge < -0.3 is 19.4 Å². The zero-order valence-corrected chi connectivity index (χ0v) is 17.2. The maximum Gasteiger partial charge on any atom is 0.226 e. The van der Waals surface area contributed by atoms with Crippen LogP contribution in [-0.4, -0.2) is 74.8 Å². The summed E-state index contributed by atoms with van der Waals surface area (Å²) in [4.78, 5) is 27.9. The standard InChI is InChI=1S/C20H33N5O2/c1-16-14-17(22-19(21-16)23(2)3)24-11-8-20(9-12-24)7-6-18(26)25(15-20)10-5-13-27-4/h14H,5-13,15H2,1-4H3. The molecular weight excluding hydrogens is 342 g/mol. The summed E-state index contributed by atoms with van der Waals surface area (Å²) in [6, 6.07) is 2.08. The fourth-order valence-corrected chi connectivity index (χ4v) is 4.22. The zero-order chi connectivity index (χ0) is 19.4. The van der Waals surface area contributed by atoms with Crippen LogP contribution >= 0.6 is 0 Å². The van der Waals surface area contributed by atoms with Crippen molar-refractivity contribution in [2.45, 2.75) is 39.0 Å². The molecule has 3 rings (SSSR count). The van der Waals surface area contributed by atoms with Crippen molar-refractivity contribution in [3.63, 3.8) is 0 Å². The third kappa shape index (κ3) is 4.69. The van der Waals surface area contributed by atoms with E-state index in [4.69, 9.17) is 9.72 Å². The fraction of sp³-hybridized carbons (Fsp3) is 0.750. The molecule has 1 aromatic rings. The van der Waals surface area contributed by atoms with Gasteiger partial charge >= 0.3 is 0 Å². The topological polar surface area (TPSA) is 61.8 Å². The van der Waals surface area contributed by atoms with Gasteiger partial charge in [-0.15, -0.1) is 0 Å². The number of anilines is 2. The first kappa shape index (κ1) is 19.9. The molecule has 2 aliphatic rings. The quantitative estimate of drug-likeness (QED) is 0.710. The molecule has 0 saturated carbocycles. The average Bonchev–Trinajstić information content (AvgIpc) is 2.65. The zero-order valence-electron chi connectivity index (χ0n) is 17.2. The Morgan fingerprint density at radius 3 is 2.63 bits per heavy atom. The molecule has 0 unspecified atom stereocenters. The van der Waals surface area contributed by atoms with Crippen LogP contribution < -0.4 is 9.80 Å². The van der Waals surface area contributed by atoms with Crippen LogP contribution in [0.4, 0.5) is 11.8 Å². The summed E-state index contributed by atoms with van der Waals surface area (Å²) in [6.07, 6.45) is 4.84. The molecule has 0 radical (unpaired) electrons. The minimum atomic E-state index is 0.268. The summed E-state index contributed by atoms with van der Waals surface area (Å²) >= 11 is 0. The van der Waals surface area contributed by atoms with Crippen LogP contribution in [0, 0.1) is 12.3 Å². The molecule has 150 valence electrons. The van der Waals surface area contributed by atoms with Gasteiger partial charge in [0.25, 0.3) is 0 Å². The van der Waals surface area contributed by atoms with Gasteiger partial charge in [0.1, 0.15) is 5.82 Å². The molecule has 1 spiro atoms. The van der Waals surface area contributed by atoms with Crippen molar-refractivity contribution in [3.05, 3.63) is 11.8 Å². The lowest BCUT2D eigenvalue weighted by atomic mass is 9.72. The number of hydrogen-bond acceptors (Lipinski definition) is 6. The van der Waals surface area contributed by atoms with Gasteiger partial charge in [0.05, 0.1) is 0 Å². The molecular formula is C20H33N5O2. The number of nitrogens with zero attached hydrogens (tertiary/aromatic N) is 5. The van der Waals surface area contributed by atoms with E-state index in [2.05, 4.69) is 20.9 Å². The Kier molecular flexibility index (Phi) is 6.19. The van der Waals surface area contributed by atoms with E-state index in [1.807, 2.05) is 25.9 Å². The van der Waals surface area contributed by atoms with E-state index in [0.717, 1.165) is 69.3 Å². The van der Waals surface area contributed by atoms with E-state index >= 15 is 0 Å². The van der Waals surface area contributed by atoms with Crippen LogP contribution in [0.2, 0.25) is 0 Å². The predicted molar refractivity (Wildman–Crippen MR) is 107 cm³/mol. The molecule has 0 aromatic carbocycles. The molecule has 1 amide bonds. The first-order chi connectivity index (χ1) is 12.9. The highest BCUT2D eigenvalue weighted by atomic mass is 16.5. The highest BCUT2D eigenvalue weighted by Crippen LogP contribution is 2.41. The number of hydrogen-bond donors (Lipinski definition) is 0. The van der Waals surface area contributed by atoms with Gasteiger partial charge in [-0.3, -0.25) is 4.79 Å². The van der Waals surface area contributed by atoms with Crippen molar-refractivity contribution in [2.24, 2.45) is 5.41 Å². The maximum atomic E-state index is 12.3. The second-order valence-electron chi connectivity index (χ2n) is 8.21. The number of ether oxygens (including phenoxy) is 1. The number of likely N-dealkylation sites (tertiary alicyclic amines) is 1. The Labute approximate surface area is 162 Å². The molecule has 0 N–H and O–H groups in total. The van der Waals surface area contributed by atoms with E-state index in [9.17, 15) is 4.79 Å². The lowest BCUT2D eigenvalue weighted by Crippen LogP contribution is -2.52. The maximum absolute atomic E-state index is 12.3. The lowest BCUT2D eigenvalue weighted by molar-refractivity contribution is -0.138. The largest absolute Gasteiger partial charge is 0.385 e. The molecule has 7 nitrogen and oxygen atoms in total. The highest BCUT2D eigenvalue weighted by Gasteiger charge is 2.41. The molecule has 27 heavy (non-hydrogen) atoms. The van der Waals surface area contributed by atoms with Crippen molar-refractivity contribution in [3.8, 4) is 0 Å². The second-order valence-corrected chi connectivity index (χ2v) is 8.21. The van der Waals surface area contributed by atoms with Gasteiger partial charge in [0.2, 0.25) is 11.9 Å². The third-order valence-corrected chi connectivity index (χ3v) is 5.90. The number of methoxy groups -OCH3 is 1. The fourth-order valence-electron chi connectivity index (χ4n) is 4.22.